The molecule has 1 fully saturated rings. The fourth-order valence-electron chi connectivity index (χ4n) is 3.59. The van der Waals surface area contributed by atoms with Crippen molar-refractivity contribution >= 4 is 17.3 Å². The van der Waals surface area contributed by atoms with Crippen molar-refractivity contribution in [3.63, 3.8) is 0 Å². The summed E-state index contributed by atoms with van der Waals surface area (Å²) in [6, 6.07) is 5.16. The number of nitrogens with two attached hydrogens (primary N) is 1. The standard InChI is InChI=1S/C17H26N2O2/c1-12(2)10-17(7-3-4-8-17)11-19-13-5-6-15(18)14(9-13)16(20)21/h5-6,9,12,19H,3-4,7-8,10-11,18H2,1-2H3,(H,20,21). The Kier molecular flexibility index (Phi) is 4.76. The van der Waals surface area contributed by atoms with E-state index in [-0.39, 0.29) is 5.56 Å². The molecule has 0 aliphatic heterocycles. The van der Waals surface area contributed by atoms with Crippen LogP contribution >= 0.6 is 0 Å². The van der Waals surface area contributed by atoms with Gasteiger partial charge >= 0.3 is 5.97 Å². The van der Waals surface area contributed by atoms with Crippen LogP contribution in [0.25, 0.3) is 0 Å². The smallest absolute Gasteiger partial charge is 0.337 e. The highest BCUT2D eigenvalue weighted by atomic mass is 16.4. The van der Waals surface area contributed by atoms with Crippen molar-refractivity contribution < 1.29 is 9.90 Å². The molecule has 4 heteroatoms. The number of anilines is 2. The molecule has 0 spiro atoms. The molecule has 1 aliphatic carbocycles. The average molecular weight is 290 g/mol. The third-order valence-electron chi connectivity index (χ3n) is 4.46. The van der Waals surface area contributed by atoms with Gasteiger partial charge in [0, 0.05) is 17.9 Å². The van der Waals surface area contributed by atoms with E-state index in [4.69, 9.17) is 10.8 Å². The van der Waals surface area contributed by atoms with Crippen LogP contribution in [0.4, 0.5) is 11.4 Å². The predicted molar refractivity (Wildman–Crippen MR) is 86.7 cm³/mol. The van der Waals surface area contributed by atoms with Gasteiger partial charge in [0.1, 0.15) is 0 Å². The quantitative estimate of drug-likeness (QED) is 0.693. The van der Waals surface area contributed by atoms with E-state index in [0.29, 0.717) is 17.0 Å². The molecule has 0 aromatic heterocycles. The van der Waals surface area contributed by atoms with Gasteiger partial charge in [-0.1, -0.05) is 26.7 Å². The fraction of sp³-hybridized carbons (Fsp3) is 0.588. The molecule has 0 bridgehead atoms. The monoisotopic (exact) mass is 290 g/mol. The molecular weight excluding hydrogens is 264 g/mol. The van der Waals surface area contributed by atoms with Gasteiger partial charge in [0.25, 0.3) is 0 Å². The Balaban J connectivity index is 2.07. The van der Waals surface area contributed by atoms with Crippen molar-refractivity contribution in [2.45, 2.75) is 46.0 Å². The zero-order valence-electron chi connectivity index (χ0n) is 13.0. The van der Waals surface area contributed by atoms with Gasteiger partial charge in [-0.25, -0.2) is 4.79 Å². The molecule has 4 N–H and O–H groups in total. The van der Waals surface area contributed by atoms with E-state index in [0.717, 1.165) is 12.2 Å². The molecule has 0 amide bonds. The van der Waals surface area contributed by atoms with Crippen LogP contribution in [0, 0.1) is 11.3 Å². The van der Waals surface area contributed by atoms with Gasteiger partial charge in [-0.2, -0.15) is 0 Å². The first-order valence-corrected chi connectivity index (χ1v) is 7.79. The summed E-state index contributed by atoms with van der Waals surface area (Å²) in [5, 5.41) is 12.6. The third-order valence-corrected chi connectivity index (χ3v) is 4.46. The van der Waals surface area contributed by atoms with Gasteiger partial charge < -0.3 is 16.2 Å². The van der Waals surface area contributed by atoms with E-state index in [1.165, 1.54) is 32.1 Å². The Morgan fingerprint density at radius 1 is 1.38 bits per heavy atom. The number of aromatic carboxylic acids is 1. The summed E-state index contributed by atoms with van der Waals surface area (Å²) in [4.78, 5) is 11.1. The van der Waals surface area contributed by atoms with Crippen molar-refractivity contribution in [2.24, 2.45) is 11.3 Å². The maximum Gasteiger partial charge on any atom is 0.337 e. The molecule has 1 aromatic carbocycles. The van der Waals surface area contributed by atoms with E-state index in [2.05, 4.69) is 19.2 Å². The number of hydrogen-bond acceptors (Lipinski definition) is 3. The van der Waals surface area contributed by atoms with Crippen LogP contribution in [0.5, 0.6) is 0 Å². The summed E-state index contributed by atoms with van der Waals surface area (Å²) in [7, 11) is 0. The second kappa shape index (κ2) is 6.37. The summed E-state index contributed by atoms with van der Waals surface area (Å²) < 4.78 is 0. The molecule has 0 saturated heterocycles. The molecule has 1 aromatic rings. The summed E-state index contributed by atoms with van der Waals surface area (Å²) in [6.07, 6.45) is 6.35. The van der Waals surface area contributed by atoms with Crippen molar-refractivity contribution in [1.29, 1.82) is 0 Å². The number of nitrogen functional groups attached to an aromatic ring is 1. The molecule has 21 heavy (non-hydrogen) atoms. The summed E-state index contributed by atoms with van der Waals surface area (Å²) >= 11 is 0. The Hall–Kier alpha value is -1.71. The van der Waals surface area contributed by atoms with E-state index >= 15 is 0 Å². The summed E-state index contributed by atoms with van der Waals surface area (Å²) in [5.41, 5.74) is 7.38. The molecule has 0 unspecified atom stereocenters. The molecule has 116 valence electrons. The molecule has 0 heterocycles. The largest absolute Gasteiger partial charge is 0.478 e. The first-order chi connectivity index (χ1) is 9.92. The van der Waals surface area contributed by atoms with Gasteiger partial charge in [0.2, 0.25) is 0 Å². The number of carbonyl (C=O) groups is 1. The molecule has 0 radical (unpaired) electrons. The highest BCUT2D eigenvalue weighted by Gasteiger charge is 2.34. The number of hydrogen-bond donors (Lipinski definition) is 3. The molecular formula is C17H26N2O2. The molecule has 1 aliphatic rings. The Bertz CT molecular complexity index is 506. The highest BCUT2D eigenvalue weighted by molar-refractivity contribution is 5.94. The molecule has 2 rings (SSSR count). The van der Waals surface area contributed by atoms with Crippen LogP contribution in [0.3, 0.4) is 0 Å². The van der Waals surface area contributed by atoms with Crippen molar-refractivity contribution in [3.8, 4) is 0 Å². The first kappa shape index (κ1) is 15.7. The lowest BCUT2D eigenvalue weighted by molar-refractivity contribution is 0.0698. The van der Waals surface area contributed by atoms with Crippen molar-refractivity contribution in [1.82, 2.24) is 0 Å². The lowest BCUT2D eigenvalue weighted by Crippen LogP contribution is -2.28. The highest BCUT2D eigenvalue weighted by Crippen LogP contribution is 2.43. The van der Waals surface area contributed by atoms with Crippen LogP contribution in [0.1, 0.15) is 56.3 Å². The maximum absolute atomic E-state index is 11.1. The number of carboxylic acid groups (broad SMARTS) is 1. The van der Waals surface area contributed by atoms with Crippen LogP contribution in [0.2, 0.25) is 0 Å². The van der Waals surface area contributed by atoms with Crippen LogP contribution < -0.4 is 11.1 Å². The average Bonchev–Trinajstić information content (AvgIpc) is 2.85. The van der Waals surface area contributed by atoms with E-state index in [1.807, 2.05) is 6.07 Å². The fourth-order valence-corrected chi connectivity index (χ4v) is 3.59. The van der Waals surface area contributed by atoms with Crippen molar-refractivity contribution in [3.05, 3.63) is 23.8 Å². The third kappa shape index (κ3) is 3.90. The van der Waals surface area contributed by atoms with Gasteiger partial charge in [-0.05, 0) is 48.8 Å². The Labute approximate surface area is 126 Å². The van der Waals surface area contributed by atoms with Crippen LogP contribution in [-0.2, 0) is 0 Å². The Morgan fingerprint density at radius 2 is 2.05 bits per heavy atom. The maximum atomic E-state index is 11.1. The minimum atomic E-state index is -0.978. The topological polar surface area (TPSA) is 75.3 Å². The SMILES string of the molecule is CC(C)CC1(CNc2ccc(N)c(C(=O)O)c2)CCCC1. The number of rotatable bonds is 6. The zero-order valence-corrected chi connectivity index (χ0v) is 13.0. The zero-order chi connectivity index (χ0) is 15.5. The van der Waals surface area contributed by atoms with Gasteiger partial charge in [0.05, 0.1) is 5.56 Å². The second-order valence-electron chi connectivity index (χ2n) is 6.77. The number of nitrogens with one attached hydrogen (secondary N) is 1. The lowest BCUT2D eigenvalue weighted by atomic mass is 9.78. The lowest BCUT2D eigenvalue weighted by Gasteiger charge is -2.31. The normalized spacial score (nSPS) is 17.1. The summed E-state index contributed by atoms with van der Waals surface area (Å²) in [5.74, 6) is -0.292. The predicted octanol–water partition coefficient (Wildman–Crippen LogP) is 3.99. The van der Waals surface area contributed by atoms with Gasteiger partial charge in [0.15, 0.2) is 0 Å². The minimum Gasteiger partial charge on any atom is -0.478 e. The minimum absolute atomic E-state index is 0.171. The van der Waals surface area contributed by atoms with Gasteiger partial charge in [-0.3, -0.25) is 0 Å². The van der Waals surface area contributed by atoms with Gasteiger partial charge in [-0.15, -0.1) is 0 Å². The van der Waals surface area contributed by atoms with Crippen LogP contribution in [0.15, 0.2) is 18.2 Å². The van der Waals surface area contributed by atoms with E-state index < -0.39 is 5.97 Å². The Morgan fingerprint density at radius 3 is 2.62 bits per heavy atom. The van der Waals surface area contributed by atoms with E-state index in [1.54, 1.807) is 12.1 Å². The second-order valence-corrected chi connectivity index (χ2v) is 6.77. The van der Waals surface area contributed by atoms with E-state index in [9.17, 15) is 4.79 Å². The number of benzene rings is 1. The molecule has 1 saturated carbocycles. The van der Waals surface area contributed by atoms with Crippen molar-refractivity contribution in [2.75, 3.05) is 17.6 Å². The number of carboxylic acids is 1. The summed E-state index contributed by atoms with van der Waals surface area (Å²) in [6.45, 7) is 5.45. The molecule has 0 atom stereocenters. The molecule has 4 nitrogen and oxygen atoms in total. The first-order valence-electron chi connectivity index (χ1n) is 7.79. The van der Waals surface area contributed by atoms with Crippen LogP contribution in [-0.4, -0.2) is 17.6 Å².